The number of amides is 1. The molecule has 1 heterocycles. The number of methoxy groups -OCH3 is 2. The van der Waals surface area contributed by atoms with E-state index in [4.69, 9.17) is 13.9 Å². The normalized spacial score (nSPS) is 18.1. The number of halogens is 1. The second kappa shape index (κ2) is 9.78. The van der Waals surface area contributed by atoms with Gasteiger partial charge in [0.25, 0.3) is 5.78 Å². The van der Waals surface area contributed by atoms with Gasteiger partial charge in [-0.1, -0.05) is 18.6 Å². The number of furan rings is 1. The lowest BCUT2D eigenvalue weighted by molar-refractivity contribution is -0.134. The fourth-order valence-electron chi connectivity index (χ4n) is 4.84. The van der Waals surface area contributed by atoms with Crippen molar-refractivity contribution in [2.45, 2.75) is 26.3 Å². The molecule has 7 heteroatoms. The van der Waals surface area contributed by atoms with Crippen molar-refractivity contribution in [1.29, 1.82) is 0 Å². The summed E-state index contributed by atoms with van der Waals surface area (Å²) < 4.78 is 30.2. The number of nitrogens with zero attached hydrogens (tertiary/aromatic N) is 1. The molecule has 0 aliphatic heterocycles. The predicted octanol–water partition coefficient (Wildman–Crippen LogP) is 5.15. The Morgan fingerprint density at radius 1 is 1.20 bits per heavy atom. The number of ketones is 1. The van der Waals surface area contributed by atoms with Gasteiger partial charge in [0, 0.05) is 18.9 Å². The zero-order valence-electron chi connectivity index (χ0n) is 20.4. The molecule has 4 rings (SSSR count). The van der Waals surface area contributed by atoms with E-state index >= 15 is 0 Å². The van der Waals surface area contributed by atoms with E-state index < -0.39 is 5.92 Å². The molecule has 0 saturated carbocycles. The fourth-order valence-corrected chi connectivity index (χ4v) is 4.84. The smallest absolute Gasteiger partial charge is 0.261 e. The lowest BCUT2D eigenvalue weighted by atomic mass is 9.84. The van der Waals surface area contributed by atoms with Crippen molar-refractivity contribution in [3.05, 3.63) is 100 Å². The van der Waals surface area contributed by atoms with Crippen molar-refractivity contribution < 1.29 is 27.9 Å². The third kappa shape index (κ3) is 4.58. The molecule has 0 spiro atoms. The first-order valence-corrected chi connectivity index (χ1v) is 11.3. The Bertz CT molecular complexity index is 1260. The van der Waals surface area contributed by atoms with E-state index in [2.05, 4.69) is 0 Å². The molecule has 35 heavy (non-hydrogen) atoms. The molecule has 1 amide bonds. The monoisotopic (exact) mass is 477 g/mol. The maximum Gasteiger partial charge on any atom is 0.261 e. The summed E-state index contributed by atoms with van der Waals surface area (Å²) in [7, 11) is 4.60. The molecule has 6 nitrogen and oxygen atoms in total. The summed E-state index contributed by atoms with van der Waals surface area (Å²) in [5.74, 6) is -0.459. The molecule has 0 fully saturated rings. The summed E-state index contributed by atoms with van der Waals surface area (Å²) in [4.78, 5) is 27.3. The van der Waals surface area contributed by atoms with Gasteiger partial charge in [-0.25, -0.2) is 4.39 Å². The van der Waals surface area contributed by atoms with Gasteiger partial charge in [-0.3, -0.25) is 9.59 Å². The summed E-state index contributed by atoms with van der Waals surface area (Å²) in [6.45, 7) is 4.17. The van der Waals surface area contributed by atoms with Crippen LogP contribution in [0.3, 0.4) is 0 Å². The van der Waals surface area contributed by atoms with Crippen molar-refractivity contribution in [3.8, 4) is 0 Å². The number of carbonyl (C=O) groups excluding carboxylic acids is 2. The van der Waals surface area contributed by atoms with E-state index in [0.717, 1.165) is 22.3 Å². The number of hydrogen-bond acceptors (Lipinski definition) is 5. The molecule has 0 N–H and O–H groups in total. The van der Waals surface area contributed by atoms with Gasteiger partial charge in [0.1, 0.15) is 11.6 Å². The second-order valence-corrected chi connectivity index (χ2v) is 8.77. The molecule has 2 aromatic rings. The highest BCUT2D eigenvalue weighted by Gasteiger charge is 2.36. The van der Waals surface area contributed by atoms with Crippen LogP contribution in [0.5, 0.6) is 0 Å². The SMILES string of the molecule is COC1=CC(=CC2=C(C)C(C(C)C(=O)N(C)Cc3ccco3)c3cc(F)ccc32)C=C(OC)C1=O. The van der Waals surface area contributed by atoms with E-state index in [0.29, 0.717) is 17.9 Å². The molecule has 0 radical (unpaired) electrons. The van der Waals surface area contributed by atoms with Crippen LogP contribution < -0.4 is 0 Å². The minimum atomic E-state index is -0.436. The van der Waals surface area contributed by atoms with E-state index in [1.165, 1.54) is 26.4 Å². The van der Waals surface area contributed by atoms with Gasteiger partial charge in [-0.2, -0.15) is 0 Å². The Morgan fingerprint density at radius 2 is 1.89 bits per heavy atom. The van der Waals surface area contributed by atoms with Gasteiger partial charge in [0.15, 0.2) is 11.5 Å². The van der Waals surface area contributed by atoms with Gasteiger partial charge in [-0.05, 0) is 71.7 Å². The van der Waals surface area contributed by atoms with Crippen LogP contribution in [0.2, 0.25) is 0 Å². The number of ether oxygens (including phenoxy) is 2. The Labute approximate surface area is 204 Å². The van der Waals surface area contributed by atoms with Crippen molar-refractivity contribution >= 4 is 17.3 Å². The molecular weight excluding hydrogens is 449 g/mol. The lowest BCUT2D eigenvalue weighted by Crippen LogP contribution is -2.34. The van der Waals surface area contributed by atoms with Crippen LogP contribution in [0.4, 0.5) is 4.39 Å². The largest absolute Gasteiger partial charge is 0.492 e. The maximum atomic E-state index is 14.3. The number of hydrogen-bond donors (Lipinski definition) is 0. The summed E-state index contributed by atoms with van der Waals surface area (Å²) in [5, 5.41) is 0. The molecule has 2 atom stereocenters. The highest BCUT2D eigenvalue weighted by molar-refractivity contribution is 6.07. The number of Topliss-reactive ketones (excluding diaryl/α,β-unsaturated/α-hetero) is 1. The average Bonchev–Trinajstić information content (AvgIpc) is 3.44. The van der Waals surface area contributed by atoms with Gasteiger partial charge < -0.3 is 18.8 Å². The van der Waals surface area contributed by atoms with Gasteiger partial charge >= 0.3 is 0 Å². The third-order valence-corrected chi connectivity index (χ3v) is 6.56. The zero-order chi connectivity index (χ0) is 25.3. The molecule has 182 valence electrons. The van der Waals surface area contributed by atoms with Crippen LogP contribution in [0, 0.1) is 11.7 Å². The van der Waals surface area contributed by atoms with Crippen molar-refractivity contribution in [3.63, 3.8) is 0 Å². The standard InChI is InChI=1S/C28H28FNO5/c1-16-22(11-18-12-24(33-4)27(31)25(13-18)34-5)21-9-8-19(29)14-23(21)26(16)17(2)28(32)30(3)15-20-7-6-10-35-20/h6-14,17,26H,15H2,1-5H3. The van der Waals surface area contributed by atoms with Crippen LogP contribution in [-0.2, 0) is 25.6 Å². The van der Waals surface area contributed by atoms with E-state index in [-0.39, 0.29) is 34.9 Å². The lowest BCUT2D eigenvalue weighted by Gasteiger charge is -2.26. The first-order valence-electron chi connectivity index (χ1n) is 11.3. The minimum absolute atomic E-state index is 0.0683. The van der Waals surface area contributed by atoms with Crippen LogP contribution in [0.1, 0.15) is 36.7 Å². The number of carbonyl (C=O) groups is 2. The number of allylic oxidation sites excluding steroid dienone is 6. The topological polar surface area (TPSA) is 69.0 Å². The summed E-state index contributed by atoms with van der Waals surface area (Å²) >= 11 is 0. The van der Waals surface area contributed by atoms with Crippen LogP contribution in [0.15, 0.2) is 81.9 Å². The molecule has 0 saturated heterocycles. The zero-order valence-corrected chi connectivity index (χ0v) is 20.4. The molecule has 1 aromatic carbocycles. The molecule has 2 unspecified atom stereocenters. The van der Waals surface area contributed by atoms with Crippen molar-refractivity contribution in [1.82, 2.24) is 4.90 Å². The Kier molecular flexibility index (Phi) is 6.78. The maximum absolute atomic E-state index is 14.3. The number of benzene rings is 1. The third-order valence-electron chi connectivity index (χ3n) is 6.56. The molecule has 1 aromatic heterocycles. The van der Waals surface area contributed by atoms with Crippen molar-refractivity contribution in [2.24, 2.45) is 5.92 Å². The summed E-state index contributed by atoms with van der Waals surface area (Å²) in [5.41, 5.74) is 4.15. The number of fused-ring (bicyclic) bond motifs is 1. The fraction of sp³-hybridized carbons (Fsp3) is 0.286. The van der Waals surface area contributed by atoms with E-state index in [1.54, 1.807) is 42.5 Å². The molecule has 2 aliphatic carbocycles. The molecular formula is C28H28FNO5. The first-order chi connectivity index (χ1) is 16.7. The predicted molar refractivity (Wildman–Crippen MR) is 129 cm³/mol. The Hall–Kier alpha value is -3.87. The van der Waals surface area contributed by atoms with E-state index in [1.807, 2.05) is 26.0 Å². The number of rotatable bonds is 7. The quantitative estimate of drug-likeness (QED) is 0.552. The van der Waals surface area contributed by atoms with E-state index in [9.17, 15) is 14.0 Å². The highest BCUT2D eigenvalue weighted by atomic mass is 19.1. The summed E-state index contributed by atoms with van der Waals surface area (Å²) in [6.07, 6.45) is 6.78. The first kappa shape index (κ1) is 24.3. The van der Waals surface area contributed by atoms with Gasteiger partial charge in [0.2, 0.25) is 5.91 Å². The van der Waals surface area contributed by atoms with Crippen LogP contribution in [-0.4, -0.2) is 37.9 Å². The van der Waals surface area contributed by atoms with Crippen molar-refractivity contribution in [2.75, 3.05) is 21.3 Å². The van der Waals surface area contributed by atoms with Crippen LogP contribution >= 0.6 is 0 Å². The second-order valence-electron chi connectivity index (χ2n) is 8.77. The Morgan fingerprint density at radius 3 is 2.49 bits per heavy atom. The Balaban J connectivity index is 1.73. The average molecular weight is 478 g/mol. The van der Waals surface area contributed by atoms with Crippen LogP contribution in [0.25, 0.3) is 5.57 Å². The molecule has 2 aliphatic rings. The highest BCUT2D eigenvalue weighted by Crippen LogP contribution is 2.47. The van der Waals surface area contributed by atoms with Gasteiger partial charge in [0.05, 0.1) is 27.0 Å². The summed E-state index contributed by atoms with van der Waals surface area (Å²) in [6, 6.07) is 8.26. The van der Waals surface area contributed by atoms with Gasteiger partial charge in [-0.15, -0.1) is 0 Å². The minimum Gasteiger partial charge on any atom is -0.492 e. The molecule has 0 bridgehead atoms.